The molecule has 1 aliphatic heterocycles. The topological polar surface area (TPSA) is 60.9 Å². The average molecular weight is 290 g/mol. The van der Waals surface area contributed by atoms with Crippen LogP contribution in [0.3, 0.4) is 0 Å². The number of carboxylic acid groups (broad SMARTS) is 1. The minimum Gasteiger partial charge on any atom is -0.480 e. The van der Waals surface area contributed by atoms with Crippen molar-refractivity contribution >= 4 is 17.6 Å². The number of hydrogen-bond acceptors (Lipinski definition) is 3. The van der Waals surface area contributed by atoms with Gasteiger partial charge < -0.3 is 10.0 Å². The summed E-state index contributed by atoms with van der Waals surface area (Å²) in [7, 11) is 0. The van der Waals surface area contributed by atoms with E-state index >= 15 is 0 Å². The zero-order valence-electron chi connectivity index (χ0n) is 12.6. The van der Waals surface area contributed by atoms with Gasteiger partial charge in [-0.2, -0.15) is 0 Å². The van der Waals surface area contributed by atoms with Crippen molar-refractivity contribution in [1.29, 1.82) is 0 Å². The van der Waals surface area contributed by atoms with E-state index in [1.165, 1.54) is 5.56 Å². The van der Waals surface area contributed by atoms with Crippen molar-refractivity contribution in [2.24, 2.45) is 0 Å². The minimum absolute atomic E-state index is 0.0186. The van der Waals surface area contributed by atoms with Crippen LogP contribution >= 0.6 is 0 Å². The zero-order chi connectivity index (χ0) is 15.4. The predicted molar refractivity (Wildman–Crippen MR) is 81.5 cm³/mol. The van der Waals surface area contributed by atoms with Crippen molar-refractivity contribution in [1.82, 2.24) is 4.90 Å². The minimum atomic E-state index is -0.907. The van der Waals surface area contributed by atoms with Crippen LogP contribution < -0.4 is 4.90 Å². The first kappa shape index (κ1) is 15.5. The molecule has 0 atom stereocenters. The summed E-state index contributed by atoms with van der Waals surface area (Å²) in [5.41, 5.74) is 2.15. The van der Waals surface area contributed by atoms with Crippen LogP contribution in [0.5, 0.6) is 0 Å². The Kier molecular flexibility index (Phi) is 4.96. The molecule has 0 fully saturated rings. The highest BCUT2D eigenvalue weighted by molar-refractivity contribution is 5.96. The Hall–Kier alpha value is -1.88. The van der Waals surface area contributed by atoms with Crippen LogP contribution in [0.2, 0.25) is 0 Å². The Morgan fingerprint density at radius 2 is 2.00 bits per heavy atom. The lowest BCUT2D eigenvalue weighted by Crippen LogP contribution is -2.46. The SMILES string of the molecule is CC(C)N(CC(=O)O)CC(=O)N1CCCc2ccccc21. The second-order valence-corrected chi connectivity index (χ2v) is 5.67. The molecule has 1 aromatic carbocycles. The van der Waals surface area contributed by atoms with Gasteiger partial charge in [0, 0.05) is 18.3 Å². The predicted octanol–water partition coefficient (Wildman–Crippen LogP) is 1.76. The van der Waals surface area contributed by atoms with E-state index < -0.39 is 5.97 Å². The lowest BCUT2D eigenvalue weighted by atomic mass is 10.0. The summed E-state index contributed by atoms with van der Waals surface area (Å²) in [6, 6.07) is 7.94. The second-order valence-electron chi connectivity index (χ2n) is 5.67. The van der Waals surface area contributed by atoms with Gasteiger partial charge in [-0.05, 0) is 38.3 Å². The number of hydrogen-bond donors (Lipinski definition) is 1. The molecule has 0 saturated carbocycles. The fraction of sp³-hybridized carbons (Fsp3) is 0.500. The summed E-state index contributed by atoms with van der Waals surface area (Å²) >= 11 is 0. The van der Waals surface area contributed by atoms with Gasteiger partial charge in [-0.3, -0.25) is 14.5 Å². The van der Waals surface area contributed by atoms with Crippen molar-refractivity contribution in [3.8, 4) is 0 Å². The molecule has 21 heavy (non-hydrogen) atoms. The van der Waals surface area contributed by atoms with Crippen molar-refractivity contribution in [2.75, 3.05) is 24.5 Å². The molecule has 5 nitrogen and oxygen atoms in total. The van der Waals surface area contributed by atoms with Crippen LogP contribution in [0.25, 0.3) is 0 Å². The molecular formula is C16H22N2O3. The molecule has 0 unspecified atom stereocenters. The third-order valence-electron chi connectivity index (χ3n) is 3.82. The van der Waals surface area contributed by atoms with Crippen LogP contribution in [-0.4, -0.2) is 47.6 Å². The molecule has 2 rings (SSSR count). The number of benzene rings is 1. The first-order valence-corrected chi connectivity index (χ1v) is 7.33. The lowest BCUT2D eigenvalue weighted by molar-refractivity contribution is -0.139. The molecule has 0 aromatic heterocycles. The number of carbonyl (C=O) groups is 2. The van der Waals surface area contributed by atoms with Crippen LogP contribution in [0.4, 0.5) is 5.69 Å². The summed E-state index contributed by atoms with van der Waals surface area (Å²) in [6.07, 6.45) is 1.94. The van der Waals surface area contributed by atoms with Gasteiger partial charge in [0.25, 0.3) is 0 Å². The lowest BCUT2D eigenvalue weighted by Gasteiger charge is -2.32. The molecule has 0 radical (unpaired) electrons. The van der Waals surface area contributed by atoms with Gasteiger partial charge in [-0.1, -0.05) is 18.2 Å². The quantitative estimate of drug-likeness (QED) is 0.897. The number of aryl methyl sites for hydroxylation is 1. The van der Waals surface area contributed by atoms with Crippen LogP contribution in [0.15, 0.2) is 24.3 Å². The number of nitrogens with zero attached hydrogens (tertiary/aromatic N) is 2. The highest BCUT2D eigenvalue weighted by atomic mass is 16.4. The van der Waals surface area contributed by atoms with Crippen LogP contribution in [-0.2, 0) is 16.0 Å². The highest BCUT2D eigenvalue weighted by Gasteiger charge is 2.25. The Morgan fingerprint density at radius 3 is 2.67 bits per heavy atom. The number of aliphatic carboxylic acids is 1. The summed E-state index contributed by atoms with van der Waals surface area (Å²) < 4.78 is 0. The van der Waals surface area contributed by atoms with Gasteiger partial charge >= 0.3 is 5.97 Å². The molecule has 1 aromatic rings. The Morgan fingerprint density at radius 1 is 1.29 bits per heavy atom. The second kappa shape index (κ2) is 6.72. The summed E-state index contributed by atoms with van der Waals surface area (Å²) in [6.45, 7) is 4.53. The normalized spacial score (nSPS) is 14.4. The first-order valence-electron chi connectivity index (χ1n) is 7.33. The standard InChI is InChI=1S/C16H22N2O3/c1-12(2)17(11-16(20)21)10-15(19)18-9-5-7-13-6-3-4-8-14(13)18/h3-4,6,8,12H,5,7,9-11H2,1-2H3,(H,20,21). The monoisotopic (exact) mass is 290 g/mol. The maximum Gasteiger partial charge on any atom is 0.317 e. The van der Waals surface area contributed by atoms with E-state index in [1.54, 1.807) is 9.80 Å². The summed E-state index contributed by atoms with van der Waals surface area (Å²) in [4.78, 5) is 26.9. The van der Waals surface area contributed by atoms with E-state index in [2.05, 4.69) is 0 Å². The Labute approximate surface area is 125 Å². The number of anilines is 1. The zero-order valence-corrected chi connectivity index (χ0v) is 12.6. The molecule has 1 amide bonds. The van der Waals surface area contributed by atoms with Gasteiger partial charge in [0.15, 0.2) is 0 Å². The maximum atomic E-state index is 12.5. The van der Waals surface area contributed by atoms with Gasteiger partial charge in [-0.25, -0.2) is 0 Å². The van der Waals surface area contributed by atoms with Crippen molar-refractivity contribution in [3.63, 3.8) is 0 Å². The third kappa shape index (κ3) is 3.82. The number of rotatable bonds is 5. The fourth-order valence-corrected chi connectivity index (χ4v) is 2.65. The molecule has 1 N–H and O–H groups in total. The van der Waals surface area contributed by atoms with Crippen LogP contribution in [0, 0.1) is 0 Å². The van der Waals surface area contributed by atoms with E-state index in [1.807, 2.05) is 38.1 Å². The van der Waals surface area contributed by atoms with E-state index in [9.17, 15) is 9.59 Å². The number of fused-ring (bicyclic) bond motifs is 1. The molecule has 1 heterocycles. The molecule has 1 aliphatic rings. The maximum absolute atomic E-state index is 12.5. The van der Waals surface area contributed by atoms with Gasteiger partial charge in [0.1, 0.15) is 0 Å². The number of amides is 1. The molecule has 0 saturated heterocycles. The number of carbonyl (C=O) groups excluding carboxylic acids is 1. The first-order chi connectivity index (χ1) is 9.99. The number of carboxylic acids is 1. The smallest absolute Gasteiger partial charge is 0.317 e. The van der Waals surface area contributed by atoms with Crippen molar-refractivity contribution < 1.29 is 14.7 Å². The van der Waals surface area contributed by atoms with Crippen molar-refractivity contribution in [2.45, 2.75) is 32.7 Å². The molecule has 0 spiro atoms. The van der Waals surface area contributed by atoms with Crippen LogP contribution in [0.1, 0.15) is 25.8 Å². The Bertz CT molecular complexity index is 528. The molecular weight excluding hydrogens is 268 g/mol. The van der Waals surface area contributed by atoms with E-state index in [0.29, 0.717) is 6.54 Å². The largest absolute Gasteiger partial charge is 0.480 e. The van der Waals surface area contributed by atoms with Gasteiger partial charge in [0.2, 0.25) is 5.91 Å². The third-order valence-corrected chi connectivity index (χ3v) is 3.82. The van der Waals surface area contributed by atoms with Crippen molar-refractivity contribution in [3.05, 3.63) is 29.8 Å². The van der Waals surface area contributed by atoms with Gasteiger partial charge in [0.05, 0.1) is 13.1 Å². The van der Waals surface area contributed by atoms with E-state index in [0.717, 1.165) is 18.5 Å². The summed E-state index contributed by atoms with van der Waals surface area (Å²) in [5, 5.41) is 8.95. The molecule has 114 valence electrons. The Balaban J connectivity index is 2.11. The fourth-order valence-electron chi connectivity index (χ4n) is 2.65. The molecule has 0 bridgehead atoms. The van der Waals surface area contributed by atoms with E-state index in [4.69, 9.17) is 5.11 Å². The number of para-hydroxylation sites is 1. The average Bonchev–Trinajstić information content (AvgIpc) is 2.45. The highest BCUT2D eigenvalue weighted by Crippen LogP contribution is 2.26. The van der Waals surface area contributed by atoms with Gasteiger partial charge in [-0.15, -0.1) is 0 Å². The molecule has 5 heteroatoms. The van der Waals surface area contributed by atoms with E-state index in [-0.39, 0.29) is 25.0 Å². The molecule has 0 aliphatic carbocycles. The summed E-state index contributed by atoms with van der Waals surface area (Å²) in [5.74, 6) is -0.937.